The second kappa shape index (κ2) is 10.4. The molecule has 196 valence electrons. The number of nitrogens with zero attached hydrogens (tertiary/aromatic N) is 5. The van der Waals surface area contributed by atoms with Crippen LogP contribution in [0.25, 0.3) is 16.7 Å². The van der Waals surface area contributed by atoms with E-state index in [-0.39, 0.29) is 58.0 Å². The van der Waals surface area contributed by atoms with Crippen LogP contribution in [-0.2, 0) is 11.3 Å². The van der Waals surface area contributed by atoms with Gasteiger partial charge in [-0.3, -0.25) is 24.1 Å². The van der Waals surface area contributed by atoms with Crippen LogP contribution in [0.15, 0.2) is 52.4 Å². The van der Waals surface area contributed by atoms with Crippen molar-refractivity contribution >= 4 is 34.2 Å². The third-order valence-electron chi connectivity index (χ3n) is 6.01. The maximum absolute atomic E-state index is 13.5. The minimum Gasteiger partial charge on any atom is -0.462 e. The van der Waals surface area contributed by atoms with Gasteiger partial charge in [-0.05, 0) is 50.5 Å². The van der Waals surface area contributed by atoms with E-state index in [0.29, 0.717) is 11.2 Å². The molecule has 0 radical (unpaired) electrons. The predicted octanol–water partition coefficient (Wildman–Crippen LogP) is 3.75. The fraction of sp³-hybridized carbons (Fsp3) is 0.296. The molecule has 0 saturated heterocycles. The summed E-state index contributed by atoms with van der Waals surface area (Å²) in [4.78, 5) is 59.7. The second-order valence-electron chi connectivity index (χ2n) is 9.32. The Labute approximate surface area is 217 Å². The molecule has 4 rings (SSSR count). The van der Waals surface area contributed by atoms with Gasteiger partial charge in [0.25, 0.3) is 17.2 Å². The van der Waals surface area contributed by atoms with Crippen molar-refractivity contribution in [1.29, 1.82) is 0 Å². The Morgan fingerprint density at radius 2 is 1.87 bits per heavy atom. The molecule has 0 fully saturated rings. The van der Waals surface area contributed by atoms with Crippen LogP contribution in [0.5, 0.6) is 0 Å². The molecule has 3 heterocycles. The van der Waals surface area contributed by atoms with Gasteiger partial charge in [0, 0.05) is 29.9 Å². The number of pyridine rings is 2. The highest BCUT2D eigenvalue weighted by Crippen LogP contribution is 2.20. The average molecular weight is 518 g/mol. The first-order valence-electron chi connectivity index (χ1n) is 12.1. The Morgan fingerprint density at radius 1 is 1.13 bits per heavy atom. The maximum Gasteiger partial charge on any atom is 0.341 e. The summed E-state index contributed by atoms with van der Waals surface area (Å²) in [6.45, 7) is 9.24. The molecule has 38 heavy (non-hydrogen) atoms. The van der Waals surface area contributed by atoms with Crippen LogP contribution in [0.4, 0.5) is 5.69 Å². The van der Waals surface area contributed by atoms with Crippen molar-refractivity contribution in [2.45, 2.75) is 41.2 Å². The zero-order valence-electron chi connectivity index (χ0n) is 21.7. The number of esters is 1. The molecule has 11 heteroatoms. The Balaban J connectivity index is 2.13. The van der Waals surface area contributed by atoms with Crippen molar-refractivity contribution in [2.24, 2.45) is 10.9 Å². The first-order valence-corrected chi connectivity index (χ1v) is 12.1. The predicted molar refractivity (Wildman–Crippen MR) is 140 cm³/mol. The Morgan fingerprint density at radius 3 is 2.53 bits per heavy atom. The number of amides is 1. The molecule has 0 spiro atoms. The number of benzene rings is 1. The van der Waals surface area contributed by atoms with Crippen LogP contribution in [0, 0.1) is 29.9 Å². The summed E-state index contributed by atoms with van der Waals surface area (Å²) in [5.74, 6) is -1.53. The molecular formula is C27H27N5O6. The quantitative estimate of drug-likeness (QED) is 0.164. The van der Waals surface area contributed by atoms with Crippen molar-refractivity contribution < 1.29 is 19.2 Å². The van der Waals surface area contributed by atoms with E-state index in [9.17, 15) is 24.5 Å². The van der Waals surface area contributed by atoms with Gasteiger partial charge < -0.3 is 9.30 Å². The number of aromatic nitrogens is 3. The monoisotopic (exact) mass is 517 g/mol. The van der Waals surface area contributed by atoms with Crippen LogP contribution < -0.4 is 11.0 Å². The fourth-order valence-corrected chi connectivity index (χ4v) is 4.20. The van der Waals surface area contributed by atoms with Gasteiger partial charge in [0.05, 0.1) is 16.9 Å². The van der Waals surface area contributed by atoms with Crippen molar-refractivity contribution in [3.63, 3.8) is 0 Å². The molecule has 1 aromatic carbocycles. The number of nitro groups is 1. The van der Waals surface area contributed by atoms with Gasteiger partial charge in [0.2, 0.25) is 0 Å². The number of nitro benzene ring substituents is 1. The first-order chi connectivity index (χ1) is 18.0. The summed E-state index contributed by atoms with van der Waals surface area (Å²) in [6.07, 6.45) is 1.60. The lowest BCUT2D eigenvalue weighted by molar-refractivity contribution is -0.385. The topological polar surface area (TPSA) is 138 Å². The van der Waals surface area contributed by atoms with Gasteiger partial charge in [-0.15, -0.1) is 0 Å². The SMILES string of the molecule is CCOC(=O)c1cc2c(=O)n3cccc(C)c3nc2n(CC(C)C)c1=NC(=O)c1ccc(C)c([N+](=O)[O-])c1. The summed E-state index contributed by atoms with van der Waals surface area (Å²) in [6, 6.07) is 8.96. The standard InChI is InChI=1S/C27H27N5O6/c1-6-38-27(35)20-13-19-23(28-22-17(5)8-7-11-30(22)26(19)34)31(14-15(2)3)24(20)29-25(33)18-10-9-16(4)21(12-18)32(36)37/h7-13,15H,6,14H2,1-5H3. The second-order valence-corrected chi connectivity index (χ2v) is 9.32. The normalized spacial score (nSPS) is 11.9. The van der Waals surface area contributed by atoms with Gasteiger partial charge in [0.15, 0.2) is 5.49 Å². The van der Waals surface area contributed by atoms with Crippen LogP contribution >= 0.6 is 0 Å². The summed E-state index contributed by atoms with van der Waals surface area (Å²) in [5, 5.41) is 11.6. The number of carbonyl (C=O) groups is 2. The van der Waals surface area contributed by atoms with Crippen molar-refractivity contribution in [3.05, 3.63) is 90.8 Å². The molecule has 11 nitrogen and oxygen atoms in total. The molecule has 3 aromatic heterocycles. The fourth-order valence-electron chi connectivity index (χ4n) is 4.20. The summed E-state index contributed by atoms with van der Waals surface area (Å²) in [5.41, 5.74) is 1.10. The third kappa shape index (κ3) is 4.82. The highest BCUT2D eigenvalue weighted by atomic mass is 16.6. The Kier molecular flexibility index (Phi) is 7.20. The summed E-state index contributed by atoms with van der Waals surface area (Å²) in [7, 11) is 0. The van der Waals surface area contributed by atoms with Crippen LogP contribution in [0.1, 0.15) is 52.6 Å². The van der Waals surface area contributed by atoms with Crippen LogP contribution in [0.3, 0.4) is 0 Å². The van der Waals surface area contributed by atoms with E-state index in [4.69, 9.17) is 9.72 Å². The number of fused-ring (bicyclic) bond motifs is 2. The highest BCUT2D eigenvalue weighted by Gasteiger charge is 2.22. The number of aryl methyl sites for hydroxylation is 2. The number of rotatable bonds is 6. The smallest absolute Gasteiger partial charge is 0.341 e. The molecule has 0 saturated carbocycles. The molecule has 0 aliphatic heterocycles. The van der Waals surface area contributed by atoms with Crippen molar-refractivity contribution in [1.82, 2.24) is 14.0 Å². The van der Waals surface area contributed by atoms with E-state index in [1.54, 1.807) is 30.7 Å². The summed E-state index contributed by atoms with van der Waals surface area (Å²) < 4.78 is 8.21. The van der Waals surface area contributed by atoms with E-state index in [0.717, 1.165) is 11.6 Å². The molecule has 4 aromatic rings. The lowest BCUT2D eigenvalue weighted by atomic mass is 10.1. The zero-order chi connectivity index (χ0) is 27.7. The molecule has 0 aliphatic rings. The molecule has 0 unspecified atom stereocenters. The van der Waals surface area contributed by atoms with Gasteiger partial charge in [-0.1, -0.05) is 26.0 Å². The average Bonchev–Trinajstić information content (AvgIpc) is 2.86. The largest absolute Gasteiger partial charge is 0.462 e. The van der Waals surface area contributed by atoms with Gasteiger partial charge >= 0.3 is 5.97 Å². The number of carbonyl (C=O) groups excluding carboxylic acids is 2. The highest BCUT2D eigenvalue weighted by molar-refractivity contribution is 5.97. The Hall–Kier alpha value is -4.67. The van der Waals surface area contributed by atoms with E-state index in [1.165, 1.54) is 22.6 Å². The molecule has 0 atom stereocenters. The minimum atomic E-state index is -0.788. The number of hydrogen-bond donors (Lipinski definition) is 0. The van der Waals surface area contributed by atoms with E-state index in [1.807, 2.05) is 26.8 Å². The lowest BCUT2D eigenvalue weighted by Gasteiger charge is -2.17. The van der Waals surface area contributed by atoms with E-state index >= 15 is 0 Å². The van der Waals surface area contributed by atoms with Crippen molar-refractivity contribution in [3.8, 4) is 0 Å². The third-order valence-corrected chi connectivity index (χ3v) is 6.01. The van der Waals surface area contributed by atoms with Gasteiger partial charge in [0.1, 0.15) is 16.9 Å². The van der Waals surface area contributed by atoms with Crippen LogP contribution in [0.2, 0.25) is 0 Å². The van der Waals surface area contributed by atoms with Crippen molar-refractivity contribution in [2.75, 3.05) is 6.61 Å². The van der Waals surface area contributed by atoms with Gasteiger partial charge in [-0.25, -0.2) is 9.78 Å². The lowest BCUT2D eigenvalue weighted by Crippen LogP contribution is -2.34. The Bertz CT molecular complexity index is 1750. The molecule has 0 aliphatic carbocycles. The number of hydrogen-bond acceptors (Lipinski definition) is 7. The summed E-state index contributed by atoms with van der Waals surface area (Å²) >= 11 is 0. The van der Waals surface area contributed by atoms with Gasteiger partial charge in [-0.2, -0.15) is 4.99 Å². The zero-order valence-corrected chi connectivity index (χ0v) is 21.7. The minimum absolute atomic E-state index is 0.0160. The maximum atomic E-state index is 13.5. The molecular weight excluding hydrogens is 490 g/mol. The molecule has 0 N–H and O–H groups in total. The van der Waals surface area contributed by atoms with Crippen LogP contribution in [-0.4, -0.2) is 37.4 Å². The first kappa shape index (κ1) is 26.4. The molecule has 1 amide bonds. The molecule has 0 bridgehead atoms. The van der Waals surface area contributed by atoms with E-state index in [2.05, 4.69) is 4.99 Å². The number of ether oxygens (including phenoxy) is 1. The van der Waals surface area contributed by atoms with E-state index < -0.39 is 16.8 Å².